The van der Waals surface area contributed by atoms with Gasteiger partial charge in [-0.3, -0.25) is 9.59 Å². The predicted molar refractivity (Wildman–Crippen MR) is 73.9 cm³/mol. The van der Waals surface area contributed by atoms with Gasteiger partial charge in [-0.15, -0.1) is 0 Å². The maximum Gasteiger partial charge on any atom is 0.514 e. The van der Waals surface area contributed by atoms with Crippen LogP contribution in [0, 0.1) is 0 Å². The van der Waals surface area contributed by atoms with Gasteiger partial charge in [-0.05, 0) is 31.9 Å². The summed E-state index contributed by atoms with van der Waals surface area (Å²) in [6.45, 7) is 2.03. The van der Waals surface area contributed by atoms with E-state index >= 15 is 0 Å². The van der Waals surface area contributed by atoms with E-state index in [1.807, 2.05) is 0 Å². The highest BCUT2D eigenvalue weighted by atomic mass is 16.7. The Labute approximate surface area is 123 Å². The SMILES string of the molecule is CCOC(=O)CCCC(C=O)OC(=O)Oc1ccccc1. The van der Waals surface area contributed by atoms with E-state index in [4.69, 9.17) is 14.2 Å². The summed E-state index contributed by atoms with van der Waals surface area (Å²) in [5.41, 5.74) is 0. The summed E-state index contributed by atoms with van der Waals surface area (Å²) in [7, 11) is 0. The number of hydrogen-bond donors (Lipinski definition) is 0. The number of ether oxygens (including phenoxy) is 3. The molecule has 0 spiro atoms. The molecule has 21 heavy (non-hydrogen) atoms. The Morgan fingerprint density at radius 1 is 1.24 bits per heavy atom. The molecule has 1 atom stereocenters. The summed E-state index contributed by atoms with van der Waals surface area (Å²) < 4.78 is 14.5. The van der Waals surface area contributed by atoms with Crippen molar-refractivity contribution in [2.75, 3.05) is 6.61 Å². The number of para-hydroxylation sites is 1. The quantitative estimate of drug-likeness (QED) is 0.416. The monoisotopic (exact) mass is 294 g/mol. The Balaban J connectivity index is 2.31. The highest BCUT2D eigenvalue weighted by molar-refractivity contribution is 5.70. The molecule has 0 saturated heterocycles. The first kappa shape index (κ1) is 16.7. The van der Waals surface area contributed by atoms with Crippen molar-refractivity contribution in [3.8, 4) is 5.75 Å². The van der Waals surface area contributed by atoms with Crippen LogP contribution in [0.3, 0.4) is 0 Å². The van der Waals surface area contributed by atoms with Crippen molar-refractivity contribution in [3.05, 3.63) is 30.3 Å². The van der Waals surface area contributed by atoms with Crippen LogP contribution >= 0.6 is 0 Å². The van der Waals surface area contributed by atoms with Crippen LogP contribution in [0.2, 0.25) is 0 Å². The fourth-order valence-electron chi connectivity index (χ4n) is 1.57. The molecule has 1 aromatic carbocycles. The summed E-state index contributed by atoms with van der Waals surface area (Å²) in [5.74, 6) is -0.00677. The van der Waals surface area contributed by atoms with E-state index in [0.29, 0.717) is 25.1 Å². The Morgan fingerprint density at radius 2 is 1.95 bits per heavy atom. The fraction of sp³-hybridized carbons (Fsp3) is 0.400. The highest BCUT2D eigenvalue weighted by Crippen LogP contribution is 2.11. The minimum atomic E-state index is -0.950. The van der Waals surface area contributed by atoms with Gasteiger partial charge in [-0.25, -0.2) is 4.79 Å². The average Bonchev–Trinajstić information content (AvgIpc) is 2.47. The molecule has 6 heteroatoms. The molecule has 0 fully saturated rings. The van der Waals surface area contributed by atoms with Crippen LogP contribution in [0.5, 0.6) is 5.75 Å². The smallest absolute Gasteiger partial charge is 0.466 e. The number of carbonyl (C=O) groups is 3. The second-order valence-electron chi connectivity index (χ2n) is 4.15. The molecule has 0 bridgehead atoms. The molecule has 114 valence electrons. The van der Waals surface area contributed by atoms with Gasteiger partial charge in [0.05, 0.1) is 6.61 Å². The highest BCUT2D eigenvalue weighted by Gasteiger charge is 2.16. The van der Waals surface area contributed by atoms with Gasteiger partial charge < -0.3 is 14.2 Å². The van der Waals surface area contributed by atoms with E-state index in [2.05, 4.69) is 0 Å². The van der Waals surface area contributed by atoms with Gasteiger partial charge in [0.1, 0.15) is 5.75 Å². The number of rotatable bonds is 8. The third-order valence-electron chi connectivity index (χ3n) is 2.52. The minimum absolute atomic E-state index is 0.176. The van der Waals surface area contributed by atoms with Crippen molar-refractivity contribution < 1.29 is 28.6 Å². The maximum absolute atomic E-state index is 11.5. The molecule has 1 rings (SSSR count). The molecule has 6 nitrogen and oxygen atoms in total. The molecule has 0 aliphatic heterocycles. The van der Waals surface area contributed by atoms with Crippen molar-refractivity contribution in [1.29, 1.82) is 0 Å². The molecular weight excluding hydrogens is 276 g/mol. The first-order valence-corrected chi connectivity index (χ1v) is 6.70. The lowest BCUT2D eigenvalue weighted by Crippen LogP contribution is -2.22. The average molecular weight is 294 g/mol. The summed E-state index contributed by atoms with van der Waals surface area (Å²) in [4.78, 5) is 33.5. The van der Waals surface area contributed by atoms with Gasteiger partial charge in [0, 0.05) is 6.42 Å². The molecule has 0 aliphatic rings. The summed E-state index contributed by atoms with van der Waals surface area (Å²) in [5, 5.41) is 0. The van der Waals surface area contributed by atoms with Crippen LogP contribution in [0.1, 0.15) is 26.2 Å². The molecule has 1 unspecified atom stereocenters. The third-order valence-corrected chi connectivity index (χ3v) is 2.52. The maximum atomic E-state index is 11.5. The topological polar surface area (TPSA) is 78.9 Å². The second kappa shape index (κ2) is 9.52. The van der Waals surface area contributed by atoms with E-state index in [0.717, 1.165) is 0 Å². The Hall–Kier alpha value is -2.37. The normalized spacial score (nSPS) is 11.3. The van der Waals surface area contributed by atoms with Crippen molar-refractivity contribution in [1.82, 2.24) is 0 Å². The van der Waals surface area contributed by atoms with Crippen molar-refractivity contribution in [3.63, 3.8) is 0 Å². The summed E-state index contributed by atoms with van der Waals surface area (Å²) >= 11 is 0. The van der Waals surface area contributed by atoms with Crippen LogP contribution < -0.4 is 4.74 Å². The Morgan fingerprint density at radius 3 is 2.57 bits per heavy atom. The van der Waals surface area contributed by atoms with Crippen LogP contribution in [-0.4, -0.2) is 31.1 Å². The fourth-order valence-corrected chi connectivity index (χ4v) is 1.57. The zero-order valence-corrected chi connectivity index (χ0v) is 11.8. The van der Waals surface area contributed by atoms with Crippen LogP contribution in [0.4, 0.5) is 4.79 Å². The zero-order valence-electron chi connectivity index (χ0n) is 11.8. The Kier molecular flexibility index (Phi) is 7.56. The van der Waals surface area contributed by atoms with Crippen molar-refractivity contribution >= 4 is 18.4 Å². The van der Waals surface area contributed by atoms with Crippen LogP contribution in [-0.2, 0) is 19.1 Å². The van der Waals surface area contributed by atoms with Gasteiger partial charge in [-0.2, -0.15) is 0 Å². The zero-order chi connectivity index (χ0) is 15.5. The molecule has 0 saturated carbocycles. The summed E-state index contributed by atoms with van der Waals surface area (Å²) in [6, 6.07) is 8.38. The van der Waals surface area contributed by atoms with E-state index in [1.54, 1.807) is 37.3 Å². The van der Waals surface area contributed by atoms with E-state index < -0.39 is 12.3 Å². The number of carbonyl (C=O) groups excluding carboxylic acids is 3. The molecule has 0 amide bonds. The largest absolute Gasteiger partial charge is 0.514 e. The molecule has 0 aliphatic carbocycles. The van der Waals surface area contributed by atoms with E-state index in [1.165, 1.54) is 0 Å². The lowest BCUT2D eigenvalue weighted by atomic mass is 10.2. The van der Waals surface area contributed by atoms with Gasteiger partial charge in [0.15, 0.2) is 12.4 Å². The van der Waals surface area contributed by atoms with E-state index in [9.17, 15) is 14.4 Å². The standard InChI is InChI=1S/C15H18O6/c1-2-19-14(17)10-6-9-13(11-16)21-15(18)20-12-7-4-3-5-8-12/h3-5,7-8,11,13H,2,6,9-10H2,1H3. The van der Waals surface area contributed by atoms with Crippen LogP contribution in [0.25, 0.3) is 0 Å². The molecule has 1 aromatic rings. The first-order chi connectivity index (χ1) is 10.2. The third kappa shape index (κ3) is 7.10. The van der Waals surface area contributed by atoms with Gasteiger partial charge in [-0.1, -0.05) is 18.2 Å². The lowest BCUT2D eigenvalue weighted by molar-refractivity contribution is -0.143. The van der Waals surface area contributed by atoms with Gasteiger partial charge >= 0.3 is 12.1 Å². The van der Waals surface area contributed by atoms with E-state index in [-0.39, 0.29) is 18.8 Å². The van der Waals surface area contributed by atoms with Gasteiger partial charge in [0.25, 0.3) is 0 Å². The molecule has 0 radical (unpaired) electrons. The first-order valence-electron chi connectivity index (χ1n) is 6.70. The number of esters is 1. The number of benzene rings is 1. The van der Waals surface area contributed by atoms with Crippen molar-refractivity contribution in [2.45, 2.75) is 32.3 Å². The summed E-state index contributed by atoms with van der Waals surface area (Å²) in [6.07, 6.45) is -0.565. The number of hydrogen-bond acceptors (Lipinski definition) is 6. The lowest BCUT2D eigenvalue weighted by Gasteiger charge is -2.11. The molecule has 0 aromatic heterocycles. The second-order valence-corrected chi connectivity index (χ2v) is 4.15. The van der Waals surface area contributed by atoms with Crippen LogP contribution in [0.15, 0.2) is 30.3 Å². The molecule has 0 heterocycles. The number of aldehydes is 1. The minimum Gasteiger partial charge on any atom is -0.466 e. The Bertz CT molecular complexity index is 456. The van der Waals surface area contributed by atoms with Crippen molar-refractivity contribution in [2.24, 2.45) is 0 Å². The predicted octanol–water partition coefficient (Wildman–Crippen LogP) is 2.50. The van der Waals surface area contributed by atoms with Gasteiger partial charge in [0.2, 0.25) is 0 Å². The molecular formula is C15H18O6. The molecule has 0 N–H and O–H groups in total.